The van der Waals surface area contributed by atoms with Crippen molar-refractivity contribution in [3.05, 3.63) is 34.2 Å². The van der Waals surface area contributed by atoms with Gasteiger partial charge in [-0.25, -0.2) is 9.59 Å². The Bertz CT molecular complexity index is 1430. The van der Waals surface area contributed by atoms with Crippen LogP contribution >= 0.6 is 0 Å². The summed E-state index contributed by atoms with van der Waals surface area (Å²) in [7, 11) is 3.96. The molecule has 3 amide bonds. The van der Waals surface area contributed by atoms with Crippen molar-refractivity contribution in [2.24, 2.45) is 12.5 Å². The highest BCUT2D eigenvalue weighted by Crippen LogP contribution is 2.56. The van der Waals surface area contributed by atoms with Gasteiger partial charge in [0.1, 0.15) is 6.04 Å². The number of unbranched alkanes of at least 4 members (excludes halogenated alkanes) is 2. The minimum atomic E-state index is -0.784. The molecule has 2 heterocycles. The van der Waals surface area contributed by atoms with Gasteiger partial charge in [-0.2, -0.15) is 0 Å². The second-order valence-electron chi connectivity index (χ2n) is 14.6. The zero-order valence-corrected chi connectivity index (χ0v) is 26.6. The second-order valence-corrected chi connectivity index (χ2v) is 14.6. The zero-order valence-electron chi connectivity index (χ0n) is 26.6. The number of piperidine rings is 1. The molecule has 0 spiro atoms. The standard InChI is InChI=1S/C33H49N5O5/c1-31(2,3)38(30(42)43)33-17-14-32(15-18-33,16-19-33)22-35(4)20-8-6-7-9-23-10-11-24-26(21-23)36(5)29(41)37(24)25-12-13-27(39)34-28(25)40/h10-11,21,25H,6-9,12-20,22H2,1-5H3,(H,42,43)(H,34,39,40). The Labute approximate surface area is 254 Å². The van der Waals surface area contributed by atoms with Crippen LogP contribution in [-0.4, -0.2) is 73.2 Å². The molecule has 2 aromatic rings. The number of rotatable bonds is 10. The van der Waals surface area contributed by atoms with Gasteiger partial charge in [0.2, 0.25) is 11.8 Å². The number of aryl methyl sites for hydroxylation is 2. The van der Waals surface area contributed by atoms with Crippen molar-refractivity contribution in [2.75, 3.05) is 20.1 Å². The Kier molecular flexibility index (Phi) is 8.55. The van der Waals surface area contributed by atoms with E-state index < -0.39 is 18.0 Å². The molecule has 1 unspecified atom stereocenters. The average molecular weight is 596 g/mol. The van der Waals surface area contributed by atoms with E-state index >= 15 is 0 Å². The summed E-state index contributed by atoms with van der Waals surface area (Å²) >= 11 is 0. The molecule has 3 saturated carbocycles. The molecule has 10 heteroatoms. The Morgan fingerprint density at radius 1 is 1.02 bits per heavy atom. The van der Waals surface area contributed by atoms with E-state index in [1.165, 1.54) is 10.1 Å². The second kappa shape index (κ2) is 11.7. The highest BCUT2D eigenvalue weighted by Gasteiger charge is 2.55. The summed E-state index contributed by atoms with van der Waals surface area (Å²) in [6.45, 7) is 8.18. The van der Waals surface area contributed by atoms with Crippen molar-refractivity contribution in [1.29, 1.82) is 0 Å². The number of nitrogens with one attached hydrogen (secondary N) is 1. The third-order valence-corrected chi connectivity index (χ3v) is 10.5. The summed E-state index contributed by atoms with van der Waals surface area (Å²) in [5, 5.41) is 12.4. The first-order valence-corrected chi connectivity index (χ1v) is 16.0. The molecule has 1 saturated heterocycles. The maximum atomic E-state index is 13.0. The number of imide groups is 1. The Morgan fingerprint density at radius 2 is 1.70 bits per heavy atom. The maximum absolute atomic E-state index is 13.0. The van der Waals surface area contributed by atoms with E-state index in [0.29, 0.717) is 11.8 Å². The number of nitrogens with zero attached hydrogens (tertiary/aromatic N) is 4. The van der Waals surface area contributed by atoms with Gasteiger partial charge < -0.3 is 10.0 Å². The smallest absolute Gasteiger partial charge is 0.408 e. The van der Waals surface area contributed by atoms with E-state index in [2.05, 4.69) is 23.3 Å². The molecule has 4 fully saturated rings. The van der Waals surface area contributed by atoms with Crippen molar-refractivity contribution >= 4 is 28.9 Å². The molecule has 236 valence electrons. The third-order valence-electron chi connectivity index (χ3n) is 10.5. The van der Waals surface area contributed by atoms with Gasteiger partial charge in [0.15, 0.2) is 0 Å². The van der Waals surface area contributed by atoms with E-state index in [-0.39, 0.29) is 29.1 Å². The molecule has 10 nitrogen and oxygen atoms in total. The lowest BCUT2D eigenvalue weighted by molar-refractivity contribution is -0.135. The summed E-state index contributed by atoms with van der Waals surface area (Å²) in [4.78, 5) is 53.5. The van der Waals surface area contributed by atoms with Crippen LogP contribution in [0.15, 0.2) is 23.0 Å². The van der Waals surface area contributed by atoms with Crippen molar-refractivity contribution in [3.8, 4) is 0 Å². The van der Waals surface area contributed by atoms with Gasteiger partial charge in [-0.15, -0.1) is 0 Å². The van der Waals surface area contributed by atoms with Gasteiger partial charge in [0.05, 0.1) is 11.0 Å². The van der Waals surface area contributed by atoms with Gasteiger partial charge in [0.25, 0.3) is 0 Å². The van der Waals surface area contributed by atoms with Crippen LogP contribution in [0, 0.1) is 5.41 Å². The monoisotopic (exact) mass is 595 g/mol. The topological polar surface area (TPSA) is 117 Å². The highest BCUT2D eigenvalue weighted by molar-refractivity contribution is 6.00. The number of amides is 3. The molecule has 1 aromatic carbocycles. The maximum Gasteiger partial charge on any atom is 0.408 e. The van der Waals surface area contributed by atoms with Gasteiger partial charge in [-0.3, -0.25) is 28.9 Å². The summed E-state index contributed by atoms with van der Waals surface area (Å²) in [5.74, 6) is -0.702. The normalized spacial score (nSPS) is 25.9. The van der Waals surface area contributed by atoms with Crippen LogP contribution in [0.25, 0.3) is 11.0 Å². The molecule has 1 aliphatic heterocycles. The number of carbonyl (C=O) groups excluding carboxylic acids is 2. The summed E-state index contributed by atoms with van der Waals surface area (Å²) in [6, 6.07) is 5.38. The number of fused-ring (bicyclic) bond motifs is 4. The molecular weight excluding hydrogens is 546 g/mol. The molecule has 1 aromatic heterocycles. The highest BCUT2D eigenvalue weighted by atomic mass is 16.4. The van der Waals surface area contributed by atoms with E-state index in [0.717, 1.165) is 88.3 Å². The van der Waals surface area contributed by atoms with Crippen LogP contribution in [-0.2, 0) is 23.1 Å². The lowest BCUT2D eigenvalue weighted by atomic mass is 9.56. The minimum absolute atomic E-state index is 0.201. The molecule has 0 radical (unpaired) electrons. The number of hydrogen-bond acceptors (Lipinski definition) is 5. The molecule has 3 aliphatic carbocycles. The summed E-state index contributed by atoms with van der Waals surface area (Å²) in [6.07, 6.45) is 10.2. The summed E-state index contributed by atoms with van der Waals surface area (Å²) < 4.78 is 3.13. The van der Waals surface area contributed by atoms with Crippen LogP contribution in [0.4, 0.5) is 4.79 Å². The SMILES string of the molecule is CN(CCCCCc1ccc2c(c1)n(C)c(=O)n2C1CCC(=O)NC1=O)CC12CCC(N(C(=O)O)C(C)(C)C)(CC1)CC2. The van der Waals surface area contributed by atoms with Gasteiger partial charge in [0, 0.05) is 31.1 Å². The van der Waals surface area contributed by atoms with Crippen LogP contribution in [0.2, 0.25) is 0 Å². The van der Waals surface area contributed by atoms with E-state index in [4.69, 9.17) is 0 Å². The molecule has 43 heavy (non-hydrogen) atoms. The predicted molar refractivity (Wildman–Crippen MR) is 166 cm³/mol. The fourth-order valence-corrected chi connectivity index (χ4v) is 8.35. The van der Waals surface area contributed by atoms with Gasteiger partial charge in [-0.1, -0.05) is 12.5 Å². The Balaban J connectivity index is 1.10. The predicted octanol–water partition coefficient (Wildman–Crippen LogP) is 4.83. The fourth-order valence-electron chi connectivity index (χ4n) is 8.35. The van der Waals surface area contributed by atoms with Crippen molar-refractivity contribution < 1.29 is 19.5 Å². The first-order chi connectivity index (χ1) is 20.3. The minimum Gasteiger partial charge on any atom is -0.465 e. The molecule has 2 N–H and O–H groups in total. The molecule has 4 aliphatic rings. The Hall–Kier alpha value is -3.14. The molecular formula is C33H49N5O5. The number of carbonyl (C=O) groups is 3. The Morgan fingerprint density at radius 3 is 2.30 bits per heavy atom. The first-order valence-electron chi connectivity index (χ1n) is 16.0. The van der Waals surface area contributed by atoms with Crippen LogP contribution in [0.5, 0.6) is 0 Å². The average Bonchev–Trinajstić information content (AvgIpc) is 3.17. The summed E-state index contributed by atoms with van der Waals surface area (Å²) in [5.41, 5.74) is 2.20. The molecule has 1 atom stereocenters. The molecule has 2 bridgehead atoms. The van der Waals surface area contributed by atoms with E-state index in [1.807, 2.05) is 32.9 Å². The van der Waals surface area contributed by atoms with Crippen molar-refractivity contribution in [1.82, 2.24) is 24.3 Å². The van der Waals surface area contributed by atoms with Gasteiger partial charge >= 0.3 is 11.8 Å². The molecule has 6 rings (SSSR count). The fraction of sp³-hybridized carbons (Fsp3) is 0.697. The van der Waals surface area contributed by atoms with Crippen molar-refractivity contribution in [2.45, 2.75) is 115 Å². The number of aromatic nitrogens is 2. The lowest BCUT2D eigenvalue weighted by Gasteiger charge is -2.60. The van der Waals surface area contributed by atoms with Crippen molar-refractivity contribution in [3.63, 3.8) is 0 Å². The largest absolute Gasteiger partial charge is 0.465 e. The van der Waals surface area contributed by atoms with Crippen LogP contribution in [0.3, 0.4) is 0 Å². The van der Waals surface area contributed by atoms with Crippen LogP contribution in [0.1, 0.15) is 103 Å². The zero-order chi connectivity index (χ0) is 31.2. The van der Waals surface area contributed by atoms with E-state index in [9.17, 15) is 24.3 Å². The number of hydrogen-bond donors (Lipinski definition) is 2. The lowest BCUT2D eigenvalue weighted by Crippen LogP contribution is -2.64. The third kappa shape index (κ3) is 6.12. The first kappa shape index (κ1) is 31.3. The number of imidazole rings is 1. The quantitative estimate of drug-likeness (QED) is 0.300. The van der Waals surface area contributed by atoms with Gasteiger partial charge in [-0.05, 0) is 122 Å². The van der Waals surface area contributed by atoms with Crippen LogP contribution < -0.4 is 11.0 Å². The number of benzene rings is 1. The van der Waals surface area contributed by atoms with E-state index in [1.54, 1.807) is 16.5 Å². The number of carboxylic acid groups (broad SMARTS) is 1.